The summed E-state index contributed by atoms with van der Waals surface area (Å²) in [5, 5.41) is 6.70. The first-order valence-corrected chi connectivity index (χ1v) is 4.45. The first-order chi connectivity index (χ1) is 6.58. The van der Waals surface area contributed by atoms with E-state index in [2.05, 4.69) is 22.0 Å². The third kappa shape index (κ3) is 4.04. The molecule has 0 aliphatic carbocycles. The molecule has 0 unspecified atom stereocenters. The molecule has 0 rings (SSSR count). The van der Waals surface area contributed by atoms with Gasteiger partial charge in [-0.2, -0.15) is 5.10 Å². The molecular formula is C9H19N5. The van der Waals surface area contributed by atoms with E-state index in [0.29, 0.717) is 18.8 Å². The second kappa shape index (κ2) is 6.15. The van der Waals surface area contributed by atoms with Gasteiger partial charge in [-0.05, 0) is 20.0 Å². The standard InChI is InChI=1S/C9H19N5/c1-4-13-9(2,3)8(14-11)7-12-6-5-10/h4,7,13H,1,5-6,10-11H2,2-3H3/b12-7?,14-8+. The van der Waals surface area contributed by atoms with Crippen LogP contribution in [0.2, 0.25) is 0 Å². The van der Waals surface area contributed by atoms with Crippen molar-refractivity contribution in [1.29, 1.82) is 0 Å². The van der Waals surface area contributed by atoms with Gasteiger partial charge in [-0.1, -0.05) is 6.58 Å². The van der Waals surface area contributed by atoms with Crippen molar-refractivity contribution < 1.29 is 0 Å². The summed E-state index contributed by atoms with van der Waals surface area (Å²) < 4.78 is 0. The van der Waals surface area contributed by atoms with Gasteiger partial charge < -0.3 is 16.9 Å². The highest BCUT2D eigenvalue weighted by atomic mass is 15.1. The summed E-state index contributed by atoms with van der Waals surface area (Å²) in [5.41, 5.74) is 5.60. The predicted octanol–water partition coefficient (Wildman–Crippen LogP) is -0.158. The molecule has 0 saturated heterocycles. The number of nitrogens with two attached hydrogens (primary N) is 2. The average Bonchev–Trinajstić information content (AvgIpc) is 2.12. The van der Waals surface area contributed by atoms with Gasteiger partial charge in [-0.3, -0.25) is 4.99 Å². The van der Waals surface area contributed by atoms with Gasteiger partial charge in [0, 0.05) is 12.8 Å². The lowest BCUT2D eigenvalue weighted by Gasteiger charge is -2.24. The second-order valence-electron chi connectivity index (χ2n) is 3.31. The summed E-state index contributed by atoms with van der Waals surface area (Å²) >= 11 is 0. The second-order valence-corrected chi connectivity index (χ2v) is 3.31. The Balaban J connectivity index is 4.48. The SMILES string of the molecule is C=CNC(C)(C)/C(C=NCCN)=N/N. The Morgan fingerprint density at radius 2 is 2.21 bits per heavy atom. The molecule has 5 heteroatoms. The molecule has 5 nitrogen and oxygen atoms in total. The number of nitrogens with zero attached hydrogens (tertiary/aromatic N) is 2. The zero-order valence-electron chi connectivity index (χ0n) is 8.83. The summed E-state index contributed by atoms with van der Waals surface area (Å²) in [4.78, 5) is 4.07. The van der Waals surface area contributed by atoms with Crippen LogP contribution in [0.5, 0.6) is 0 Å². The van der Waals surface area contributed by atoms with Crippen LogP contribution >= 0.6 is 0 Å². The number of rotatable bonds is 6. The topological polar surface area (TPSA) is 88.8 Å². The van der Waals surface area contributed by atoms with E-state index in [1.807, 2.05) is 13.8 Å². The first kappa shape index (κ1) is 12.6. The van der Waals surface area contributed by atoms with Gasteiger partial charge in [0.15, 0.2) is 0 Å². The summed E-state index contributed by atoms with van der Waals surface area (Å²) in [6.45, 7) is 8.56. The van der Waals surface area contributed by atoms with Gasteiger partial charge in [-0.15, -0.1) is 0 Å². The highest BCUT2D eigenvalue weighted by Crippen LogP contribution is 2.03. The van der Waals surface area contributed by atoms with Crippen molar-refractivity contribution in [3.05, 3.63) is 12.8 Å². The lowest BCUT2D eigenvalue weighted by atomic mass is 9.99. The minimum Gasteiger partial charge on any atom is -0.381 e. The highest BCUT2D eigenvalue weighted by molar-refractivity contribution is 6.34. The van der Waals surface area contributed by atoms with Crippen molar-refractivity contribution in [2.75, 3.05) is 13.1 Å². The van der Waals surface area contributed by atoms with Crippen LogP contribution in [0.1, 0.15) is 13.8 Å². The van der Waals surface area contributed by atoms with Crippen LogP contribution in [0.25, 0.3) is 0 Å². The summed E-state index contributed by atoms with van der Waals surface area (Å²) in [5.74, 6) is 5.26. The van der Waals surface area contributed by atoms with Crippen LogP contribution in [-0.4, -0.2) is 30.6 Å². The molecule has 0 heterocycles. The maximum absolute atomic E-state index is 5.31. The zero-order chi connectivity index (χ0) is 11.0. The molecule has 0 spiro atoms. The van der Waals surface area contributed by atoms with E-state index < -0.39 is 0 Å². The molecule has 0 aromatic carbocycles. The van der Waals surface area contributed by atoms with E-state index in [1.54, 1.807) is 12.4 Å². The minimum absolute atomic E-state index is 0.366. The van der Waals surface area contributed by atoms with Crippen LogP contribution < -0.4 is 16.9 Å². The fraction of sp³-hybridized carbons (Fsp3) is 0.556. The predicted molar refractivity (Wildman–Crippen MR) is 61.4 cm³/mol. The fourth-order valence-corrected chi connectivity index (χ4v) is 0.911. The molecule has 80 valence electrons. The van der Waals surface area contributed by atoms with Crippen molar-refractivity contribution in [1.82, 2.24) is 5.32 Å². The van der Waals surface area contributed by atoms with Crippen molar-refractivity contribution in [3.8, 4) is 0 Å². The normalized spacial score (nSPS) is 13.2. The van der Waals surface area contributed by atoms with Crippen LogP contribution in [-0.2, 0) is 0 Å². The zero-order valence-corrected chi connectivity index (χ0v) is 8.83. The van der Waals surface area contributed by atoms with E-state index in [4.69, 9.17) is 11.6 Å². The van der Waals surface area contributed by atoms with Gasteiger partial charge in [-0.25, -0.2) is 0 Å². The number of aliphatic imine (C=N–C) groups is 1. The number of nitrogens with one attached hydrogen (secondary N) is 1. The number of hydrogen-bond acceptors (Lipinski definition) is 5. The van der Waals surface area contributed by atoms with Gasteiger partial charge >= 0.3 is 0 Å². The summed E-state index contributed by atoms with van der Waals surface area (Å²) in [6, 6.07) is 0. The van der Waals surface area contributed by atoms with Crippen LogP contribution in [0.3, 0.4) is 0 Å². The molecule has 5 N–H and O–H groups in total. The van der Waals surface area contributed by atoms with E-state index in [0.717, 1.165) is 0 Å². The van der Waals surface area contributed by atoms with Gasteiger partial charge in [0.2, 0.25) is 0 Å². The molecule has 0 amide bonds. The Labute approximate surface area is 85.0 Å². The molecule has 0 saturated carbocycles. The molecule has 0 aromatic rings. The Morgan fingerprint density at radius 3 is 2.64 bits per heavy atom. The van der Waals surface area contributed by atoms with Crippen molar-refractivity contribution in [3.63, 3.8) is 0 Å². The van der Waals surface area contributed by atoms with E-state index >= 15 is 0 Å². The van der Waals surface area contributed by atoms with Crippen LogP contribution in [0.15, 0.2) is 22.9 Å². The maximum Gasteiger partial charge on any atom is 0.103 e. The maximum atomic E-state index is 5.31. The quantitative estimate of drug-likeness (QED) is 0.314. The van der Waals surface area contributed by atoms with Gasteiger partial charge in [0.25, 0.3) is 0 Å². The van der Waals surface area contributed by atoms with Crippen LogP contribution in [0, 0.1) is 0 Å². The Kier molecular flexibility index (Phi) is 5.55. The summed E-state index contributed by atoms with van der Waals surface area (Å²) in [7, 11) is 0. The fourth-order valence-electron chi connectivity index (χ4n) is 0.911. The molecule has 0 bridgehead atoms. The molecule has 0 aliphatic rings. The lowest BCUT2D eigenvalue weighted by Crippen LogP contribution is -2.45. The molecule has 0 fully saturated rings. The van der Waals surface area contributed by atoms with Crippen LogP contribution in [0.4, 0.5) is 0 Å². The molecular weight excluding hydrogens is 178 g/mol. The molecule has 0 radical (unpaired) electrons. The lowest BCUT2D eigenvalue weighted by molar-refractivity contribution is 0.595. The smallest absolute Gasteiger partial charge is 0.103 e. The van der Waals surface area contributed by atoms with Crippen molar-refractivity contribution in [2.45, 2.75) is 19.4 Å². The first-order valence-electron chi connectivity index (χ1n) is 4.45. The molecule has 14 heavy (non-hydrogen) atoms. The molecule has 0 aliphatic heterocycles. The Morgan fingerprint density at radius 1 is 1.57 bits per heavy atom. The van der Waals surface area contributed by atoms with E-state index in [9.17, 15) is 0 Å². The minimum atomic E-state index is -0.366. The number of hydrogen-bond donors (Lipinski definition) is 3. The van der Waals surface area contributed by atoms with Crippen molar-refractivity contribution in [2.24, 2.45) is 21.7 Å². The summed E-state index contributed by atoms with van der Waals surface area (Å²) in [6.07, 6.45) is 3.23. The van der Waals surface area contributed by atoms with Gasteiger partial charge in [0.1, 0.15) is 5.71 Å². The Bertz CT molecular complexity index is 229. The van der Waals surface area contributed by atoms with Crippen molar-refractivity contribution >= 4 is 11.9 Å². The largest absolute Gasteiger partial charge is 0.381 e. The van der Waals surface area contributed by atoms with Gasteiger partial charge in [0.05, 0.1) is 12.1 Å². The average molecular weight is 197 g/mol. The highest BCUT2D eigenvalue weighted by Gasteiger charge is 2.21. The monoisotopic (exact) mass is 197 g/mol. The van der Waals surface area contributed by atoms with E-state index in [1.165, 1.54) is 0 Å². The third-order valence-electron chi connectivity index (χ3n) is 1.71. The molecule has 0 aromatic heterocycles. The molecule has 0 atom stereocenters. The third-order valence-corrected chi connectivity index (χ3v) is 1.71. The Hall–Kier alpha value is -1.36. The number of hydrazone groups is 1. The van der Waals surface area contributed by atoms with E-state index in [-0.39, 0.29) is 5.54 Å².